The SMILES string of the molecule is COC(=O)C(CC(C)C)NC(=O)COc1ccc(F)c(Cl)c1. The van der Waals surface area contributed by atoms with Crippen molar-refractivity contribution in [3.63, 3.8) is 0 Å². The number of amides is 1. The lowest BCUT2D eigenvalue weighted by atomic mass is 10.0. The van der Waals surface area contributed by atoms with E-state index in [1.165, 1.54) is 19.2 Å². The normalized spacial score (nSPS) is 11.9. The van der Waals surface area contributed by atoms with Crippen LogP contribution in [-0.4, -0.2) is 31.6 Å². The molecular weight excluding hydrogens is 313 g/mol. The van der Waals surface area contributed by atoms with Crippen LogP contribution in [0, 0.1) is 11.7 Å². The predicted octanol–water partition coefficient (Wildman–Crippen LogP) is 2.56. The highest BCUT2D eigenvalue weighted by Gasteiger charge is 2.22. The molecule has 0 radical (unpaired) electrons. The smallest absolute Gasteiger partial charge is 0.328 e. The first-order valence-electron chi connectivity index (χ1n) is 6.78. The molecule has 22 heavy (non-hydrogen) atoms. The Labute approximate surface area is 133 Å². The molecule has 0 aliphatic heterocycles. The molecule has 1 N–H and O–H groups in total. The zero-order chi connectivity index (χ0) is 16.7. The molecule has 0 saturated carbocycles. The lowest BCUT2D eigenvalue weighted by Gasteiger charge is -2.18. The number of nitrogens with one attached hydrogen (secondary N) is 1. The van der Waals surface area contributed by atoms with Crippen molar-refractivity contribution < 1.29 is 23.5 Å². The Hall–Kier alpha value is -1.82. The summed E-state index contributed by atoms with van der Waals surface area (Å²) in [6.45, 7) is 3.55. The third-order valence-corrected chi connectivity index (χ3v) is 3.08. The van der Waals surface area contributed by atoms with Crippen molar-refractivity contribution in [2.24, 2.45) is 5.92 Å². The van der Waals surface area contributed by atoms with E-state index in [9.17, 15) is 14.0 Å². The van der Waals surface area contributed by atoms with Gasteiger partial charge >= 0.3 is 5.97 Å². The summed E-state index contributed by atoms with van der Waals surface area (Å²) in [7, 11) is 1.26. The summed E-state index contributed by atoms with van der Waals surface area (Å²) in [5.74, 6) is -1.08. The van der Waals surface area contributed by atoms with Crippen molar-refractivity contribution >= 4 is 23.5 Å². The van der Waals surface area contributed by atoms with E-state index in [2.05, 4.69) is 10.1 Å². The average molecular weight is 332 g/mol. The summed E-state index contributed by atoms with van der Waals surface area (Å²) in [6, 6.07) is 3.06. The van der Waals surface area contributed by atoms with E-state index in [4.69, 9.17) is 16.3 Å². The van der Waals surface area contributed by atoms with E-state index in [0.717, 1.165) is 6.07 Å². The molecule has 0 fully saturated rings. The molecular formula is C15H19ClFNO4. The number of ether oxygens (including phenoxy) is 2. The number of carbonyl (C=O) groups is 2. The minimum Gasteiger partial charge on any atom is -0.484 e. The maximum absolute atomic E-state index is 13.0. The van der Waals surface area contributed by atoms with Crippen LogP contribution in [0.15, 0.2) is 18.2 Å². The molecule has 0 saturated heterocycles. The van der Waals surface area contributed by atoms with Crippen LogP contribution in [0.4, 0.5) is 4.39 Å². The molecule has 1 aromatic carbocycles. The van der Waals surface area contributed by atoms with Gasteiger partial charge in [-0.2, -0.15) is 0 Å². The van der Waals surface area contributed by atoms with E-state index in [-0.39, 0.29) is 23.3 Å². The minimum absolute atomic E-state index is 0.0925. The molecule has 1 rings (SSSR count). The molecule has 0 bridgehead atoms. The van der Waals surface area contributed by atoms with Crippen molar-refractivity contribution in [2.45, 2.75) is 26.3 Å². The second kappa shape index (κ2) is 8.58. The molecule has 1 unspecified atom stereocenters. The van der Waals surface area contributed by atoms with Crippen molar-refractivity contribution in [3.05, 3.63) is 29.0 Å². The van der Waals surface area contributed by atoms with E-state index in [1.54, 1.807) is 0 Å². The first-order valence-corrected chi connectivity index (χ1v) is 7.16. The molecule has 1 aromatic rings. The zero-order valence-corrected chi connectivity index (χ0v) is 13.4. The van der Waals surface area contributed by atoms with Gasteiger partial charge in [0, 0.05) is 6.07 Å². The standard InChI is InChI=1S/C15H19ClFNO4/c1-9(2)6-13(15(20)21-3)18-14(19)8-22-10-4-5-12(17)11(16)7-10/h4-5,7,9,13H,6,8H2,1-3H3,(H,18,19). The number of rotatable bonds is 7. The fourth-order valence-electron chi connectivity index (χ4n) is 1.78. The van der Waals surface area contributed by atoms with Gasteiger partial charge in [-0.25, -0.2) is 9.18 Å². The lowest BCUT2D eigenvalue weighted by Crippen LogP contribution is -2.44. The van der Waals surface area contributed by atoms with Crippen LogP contribution < -0.4 is 10.1 Å². The Bertz CT molecular complexity index is 536. The maximum atomic E-state index is 13.0. The molecule has 0 spiro atoms. The first-order chi connectivity index (χ1) is 10.3. The van der Waals surface area contributed by atoms with Gasteiger partial charge in [0.05, 0.1) is 12.1 Å². The molecule has 0 aliphatic rings. The lowest BCUT2D eigenvalue weighted by molar-refractivity contribution is -0.145. The quantitative estimate of drug-likeness (QED) is 0.780. The summed E-state index contributed by atoms with van der Waals surface area (Å²) in [4.78, 5) is 23.4. The van der Waals surface area contributed by atoms with Crippen LogP contribution in [0.2, 0.25) is 5.02 Å². The third kappa shape index (κ3) is 5.89. The van der Waals surface area contributed by atoms with Crippen LogP contribution in [0.5, 0.6) is 5.75 Å². The number of methoxy groups -OCH3 is 1. The zero-order valence-electron chi connectivity index (χ0n) is 12.7. The van der Waals surface area contributed by atoms with Gasteiger partial charge in [0.15, 0.2) is 6.61 Å². The van der Waals surface area contributed by atoms with Crippen molar-refractivity contribution in [1.82, 2.24) is 5.32 Å². The second-order valence-corrected chi connectivity index (χ2v) is 5.54. The molecule has 0 heterocycles. The number of halogens is 2. The van der Waals surface area contributed by atoms with Crippen molar-refractivity contribution in [1.29, 1.82) is 0 Å². The predicted molar refractivity (Wildman–Crippen MR) is 80.3 cm³/mol. The Balaban J connectivity index is 2.56. The van der Waals surface area contributed by atoms with Crippen molar-refractivity contribution in [3.8, 4) is 5.75 Å². The fraction of sp³-hybridized carbons (Fsp3) is 0.467. The van der Waals surface area contributed by atoms with Gasteiger partial charge < -0.3 is 14.8 Å². The van der Waals surface area contributed by atoms with Crippen LogP contribution in [-0.2, 0) is 14.3 Å². The van der Waals surface area contributed by atoms with E-state index in [1.807, 2.05) is 13.8 Å². The highest BCUT2D eigenvalue weighted by atomic mass is 35.5. The van der Waals surface area contributed by atoms with Crippen LogP contribution >= 0.6 is 11.6 Å². The van der Waals surface area contributed by atoms with E-state index >= 15 is 0 Å². The van der Waals surface area contributed by atoms with Gasteiger partial charge in [-0.1, -0.05) is 25.4 Å². The van der Waals surface area contributed by atoms with Gasteiger partial charge in [0.1, 0.15) is 17.6 Å². The molecule has 122 valence electrons. The summed E-state index contributed by atoms with van der Waals surface area (Å²) >= 11 is 5.61. The number of benzene rings is 1. The maximum Gasteiger partial charge on any atom is 0.328 e. The van der Waals surface area contributed by atoms with Crippen LogP contribution in [0.3, 0.4) is 0 Å². The third-order valence-electron chi connectivity index (χ3n) is 2.79. The van der Waals surface area contributed by atoms with E-state index < -0.39 is 23.7 Å². The van der Waals surface area contributed by atoms with Gasteiger partial charge in [0.25, 0.3) is 5.91 Å². The van der Waals surface area contributed by atoms with Gasteiger partial charge in [0.2, 0.25) is 0 Å². The second-order valence-electron chi connectivity index (χ2n) is 5.14. The van der Waals surface area contributed by atoms with Crippen molar-refractivity contribution in [2.75, 3.05) is 13.7 Å². The summed E-state index contributed by atoms with van der Waals surface area (Å²) in [5.41, 5.74) is 0. The molecule has 1 amide bonds. The molecule has 1 atom stereocenters. The Kier molecular flexibility index (Phi) is 7.11. The fourth-order valence-corrected chi connectivity index (χ4v) is 1.95. The van der Waals surface area contributed by atoms with Crippen LogP contribution in [0.25, 0.3) is 0 Å². The number of esters is 1. The highest BCUT2D eigenvalue weighted by molar-refractivity contribution is 6.30. The summed E-state index contributed by atoms with van der Waals surface area (Å²) < 4.78 is 22.9. The Morgan fingerprint density at radius 2 is 2.05 bits per heavy atom. The number of hydrogen-bond donors (Lipinski definition) is 1. The van der Waals surface area contributed by atoms with Gasteiger partial charge in [-0.05, 0) is 24.5 Å². The van der Waals surface area contributed by atoms with E-state index in [0.29, 0.717) is 6.42 Å². The largest absolute Gasteiger partial charge is 0.484 e. The minimum atomic E-state index is -0.724. The average Bonchev–Trinajstić information content (AvgIpc) is 2.46. The Morgan fingerprint density at radius 3 is 2.59 bits per heavy atom. The topological polar surface area (TPSA) is 64.6 Å². The molecule has 0 aliphatic carbocycles. The van der Waals surface area contributed by atoms with Gasteiger partial charge in [-0.3, -0.25) is 4.79 Å². The molecule has 5 nitrogen and oxygen atoms in total. The number of hydrogen-bond acceptors (Lipinski definition) is 4. The number of carbonyl (C=O) groups excluding carboxylic acids is 2. The summed E-state index contributed by atoms with van der Waals surface area (Å²) in [6.07, 6.45) is 0.459. The molecule has 0 aromatic heterocycles. The summed E-state index contributed by atoms with van der Waals surface area (Å²) in [5, 5.41) is 2.46. The van der Waals surface area contributed by atoms with Crippen LogP contribution in [0.1, 0.15) is 20.3 Å². The molecule has 7 heteroatoms. The highest BCUT2D eigenvalue weighted by Crippen LogP contribution is 2.20. The van der Waals surface area contributed by atoms with Gasteiger partial charge in [-0.15, -0.1) is 0 Å². The monoisotopic (exact) mass is 331 g/mol. The Morgan fingerprint density at radius 1 is 1.36 bits per heavy atom. The first kappa shape index (κ1) is 18.2.